The van der Waals surface area contributed by atoms with Gasteiger partial charge in [-0.05, 0) is 59.4 Å². The highest BCUT2D eigenvalue weighted by atomic mass is 16.6. The zero-order valence-corrected chi connectivity index (χ0v) is 20.8. The smallest absolute Gasteiger partial charge is 0.408 e. The first-order valence-corrected chi connectivity index (χ1v) is 12.0. The van der Waals surface area contributed by atoms with Gasteiger partial charge in [-0.25, -0.2) is 4.79 Å². The van der Waals surface area contributed by atoms with Crippen LogP contribution in [0.3, 0.4) is 0 Å². The zero-order chi connectivity index (χ0) is 25.5. The lowest BCUT2D eigenvalue weighted by atomic mass is 9.88. The van der Waals surface area contributed by atoms with Gasteiger partial charge in [-0.1, -0.05) is 31.5 Å². The number of amides is 3. The number of hydrogen-bond donors (Lipinski definition) is 4. The molecule has 1 aliphatic rings. The van der Waals surface area contributed by atoms with Gasteiger partial charge >= 0.3 is 6.09 Å². The summed E-state index contributed by atoms with van der Waals surface area (Å²) in [7, 11) is 0. The average Bonchev–Trinajstić information content (AvgIpc) is 2.69. The Labute approximate surface area is 201 Å². The lowest BCUT2D eigenvalue weighted by Crippen LogP contribution is -2.58. The molecule has 1 aliphatic carbocycles. The van der Waals surface area contributed by atoms with E-state index >= 15 is 0 Å². The summed E-state index contributed by atoms with van der Waals surface area (Å²) in [5, 5.41) is 25.9. The van der Waals surface area contributed by atoms with Gasteiger partial charge in [0.25, 0.3) is 0 Å². The minimum Gasteiger partial charge on any atom is -0.508 e. The van der Waals surface area contributed by atoms with Gasteiger partial charge in [-0.3, -0.25) is 9.59 Å². The van der Waals surface area contributed by atoms with Crippen molar-refractivity contribution in [3.63, 3.8) is 0 Å². The molecule has 9 nitrogen and oxygen atoms in total. The van der Waals surface area contributed by atoms with E-state index < -0.39 is 42.2 Å². The van der Waals surface area contributed by atoms with E-state index in [1.165, 1.54) is 11.0 Å². The van der Waals surface area contributed by atoms with Crippen LogP contribution in [-0.4, -0.2) is 63.4 Å². The first-order chi connectivity index (χ1) is 16.0. The van der Waals surface area contributed by atoms with Gasteiger partial charge in [-0.2, -0.15) is 0 Å². The molecule has 1 saturated carbocycles. The molecule has 0 aliphatic heterocycles. The van der Waals surface area contributed by atoms with E-state index in [2.05, 4.69) is 10.6 Å². The SMILES string of the molecule is CCCC(C)NC(=O)C(c1ccccc1O)N(C(=O)C(CO)NC(=O)OC(C)(C)C)C1CCC1. The van der Waals surface area contributed by atoms with Crippen LogP contribution < -0.4 is 10.6 Å². The third-order valence-corrected chi connectivity index (χ3v) is 5.76. The van der Waals surface area contributed by atoms with Crippen LogP contribution in [0.15, 0.2) is 24.3 Å². The predicted molar refractivity (Wildman–Crippen MR) is 128 cm³/mol. The van der Waals surface area contributed by atoms with E-state index in [0.29, 0.717) is 12.8 Å². The number of nitrogens with zero attached hydrogens (tertiary/aromatic N) is 1. The molecule has 9 heteroatoms. The molecular formula is C25H39N3O6. The second kappa shape index (κ2) is 12.1. The van der Waals surface area contributed by atoms with Crippen molar-refractivity contribution in [2.75, 3.05) is 6.61 Å². The van der Waals surface area contributed by atoms with Crippen molar-refractivity contribution in [3.05, 3.63) is 29.8 Å². The number of phenolic OH excluding ortho intramolecular Hbond substituents is 1. The van der Waals surface area contributed by atoms with E-state index in [1.807, 2.05) is 13.8 Å². The van der Waals surface area contributed by atoms with Crippen molar-refractivity contribution < 1.29 is 29.3 Å². The molecule has 0 radical (unpaired) electrons. The van der Waals surface area contributed by atoms with Crippen molar-refractivity contribution in [1.82, 2.24) is 15.5 Å². The molecule has 1 fully saturated rings. The highest BCUT2D eigenvalue weighted by Gasteiger charge is 2.42. The fraction of sp³-hybridized carbons (Fsp3) is 0.640. The second-order valence-electron chi connectivity index (χ2n) is 9.87. The number of phenols is 1. The van der Waals surface area contributed by atoms with Crippen molar-refractivity contribution in [2.45, 2.75) is 96.5 Å². The molecule has 190 valence electrons. The number of aromatic hydroxyl groups is 1. The largest absolute Gasteiger partial charge is 0.508 e. The molecule has 0 spiro atoms. The Bertz CT molecular complexity index is 849. The number of rotatable bonds is 10. The number of hydrogen-bond acceptors (Lipinski definition) is 6. The van der Waals surface area contributed by atoms with Gasteiger partial charge in [0.05, 0.1) is 6.61 Å². The maximum Gasteiger partial charge on any atom is 0.408 e. The summed E-state index contributed by atoms with van der Waals surface area (Å²) in [6.45, 7) is 8.32. The number of ether oxygens (including phenoxy) is 1. The Kier molecular flexibility index (Phi) is 9.73. The van der Waals surface area contributed by atoms with Crippen LogP contribution in [0.2, 0.25) is 0 Å². The Morgan fingerprint density at radius 3 is 2.32 bits per heavy atom. The summed E-state index contributed by atoms with van der Waals surface area (Å²) >= 11 is 0. The fourth-order valence-electron chi connectivity index (χ4n) is 3.96. The summed E-state index contributed by atoms with van der Waals surface area (Å²) in [5.41, 5.74) is -0.494. The maximum atomic E-state index is 13.7. The molecule has 3 atom stereocenters. The van der Waals surface area contributed by atoms with Crippen molar-refractivity contribution in [3.8, 4) is 5.75 Å². The summed E-state index contributed by atoms with van der Waals surface area (Å²) in [5.74, 6) is -1.13. The van der Waals surface area contributed by atoms with Crippen molar-refractivity contribution in [2.24, 2.45) is 0 Å². The van der Waals surface area contributed by atoms with E-state index in [4.69, 9.17) is 4.74 Å². The Morgan fingerprint density at radius 1 is 1.18 bits per heavy atom. The van der Waals surface area contributed by atoms with Crippen LogP contribution in [0, 0.1) is 0 Å². The monoisotopic (exact) mass is 477 g/mol. The fourth-order valence-corrected chi connectivity index (χ4v) is 3.96. The highest BCUT2D eigenvalue weighted by molar-refractivity contribution is 5.93. The average molecular weight is 478 g/mol. The summed E-state index contributed by atoms with van der Waals surface area (Å²) in [6.07, 6.45) is 3.04. The van der Waals surface area contributed by atoms with E-state index in [-0.39, 0.29) is 23.4 Å². The zero-order valence-electron chi connectivity index (χ0n) is 20.8. The number of aliphatic hydroxyl groups is 1. The molecule has 3 unspecified atom stereocenters. The quantitative estimate of drug-likeness (QED) is 0.410. The van der Waals surface area contributed by atoms with E-state index in [0.717, 1.165) is 19.3 Å². The highest BCUT2D eigenvalue weighted by Crippen LogP contribution is 2.36. The number of nitrogens with one attached hydrogen (secondary N) is 2. The molecule has 3 amide bonds. The normalized spacial score (nSPS) is 16.5. The molecule has 0 bridgehead atoms. The molecule has 2 rings (SSSR count). The van der Waals surface area contributed by atoms with Crippen LogP contribution in [0.25, 0.3) is 0 Å². The van der Waals surface area contributed by atoms with E-state index in [1.54, 1.807) is 39.0 Å². The van der Waals surface area contributed by atoms with Gasteiger partial charge in [0.1, 0.15) is 23.4 Å². The van der Waals surface area contributed by atoms with Crippen molar-refractivity contribution >= 4 is 17.9 Å². The summed E-state index contributed by atoms with van der Waals surface area (Å²) in [6, 6.07) is 3.60. The first-order valence-electron chi connectivity index (χ1n) is 12.0. The third kappa shape index (κ3) is 7.35. The summed E-state index contributed by atoms with van der Waals surface area (Å²) < 4.78 is 5.24. The number of alkyl carbamates (subject to hydrolysis) is 1. The molecule has 4 N–H and O–H groups in total. The Balaban J connectivity index is 2.42. The molecule has 0 saturated heterocycles. The van der Waals surface area contributed by atoms with Crippen LogP contribution in [-0.2, 0) is 14.3 Å². The second-order valence-corrected chi connectivity index (χ2v) is 9.87. The molecule has 1 aromatic rings. The predicted octanol–water partition coefficient (Wildman–Crippen LogP) is 3.00. The number of carbonyl (C=O) groups is 3. The lowest BCUT2D eigenvalue weighted by molar-refractivity contribution is -0.148. The number of benzene rings is 1. The van der Waals surface area contributed by atoms with Crippen LogP contribution in [0.4, 0.5) is 4.79 Å². The lowest BCUT2D eigenvalue weighted by Gasteiger charge is -2.43. The minimum absolute atomic E-state index is 0.108. The van der Waals surface area contributed by atoms with Gasteiger partial charge in [-0.15, -0.1) is 0 Å². The molecule has 0 aromatic heterocycles. The molecular weight excluding hydrogens is 438 g/mol. The standard InChI is InChI=1S/C25H39N3O6/c1-6-10-16(2)26-22(31)21(18-13-7-8-14-20(18)30)28(17-11-9-12-17)23(32)19(15-29)27-24(33)34-25(3,4)5/h7-8,13-14,16-17,19,21,29-30H,6,9-12,15H2,1-5H3,(H,26,31)(H,27,33). The molecule has 0 heterocycles. The minimum atomic E-state index is -1.30. The number of para-hydroxylation sites is 1. The van der Waals surface area contributed by atoms with Crippen LogP contribution >= 0.6 is 0 Å². The molecule has 1 aromatic carbocycles. The molecule has 34 heavy (non-hydrogen) atoms. The van der Waals surface area contributed by atoms with Gasteiger partial charge in [0, 0.05) is 17.6 Å². The first kappa shape index (κ1) is 27.4. The van der Waals surface area contributed by atoms with Crippen LogP contribution in [0.1, 0.15) is 78.3 Å². The number of aliphatic hydroxyl groups excluding tert-OH is 1. The van der Waals surface area contributed by atoms with Crippen molar-refractivity contribution in [1.29, 1.82) is 0 Å². The van der Waals surface area contributed by atoms with Gasteiger partial charge < -0.3 is 30.5 Å². The topological polar surface area (TPSA) is 128 Å². The van der Waals surface area contributed by atoms with Gasteiger partial charge in [0.15, 0.2) is 0 Å². The Morgan fingerprint density at radius 2 is 1.82 bits per heavy atom. The third-order valence-electron chi connectivity index (χ3n) is 5.76. The van der Waals surface area contributed by atoms with E-state index in [9.17, 15) is 24.6 Å². The maximum absolute atomic E-state index is 13.7. The summed E-state index contributed by atoms with van der Waals surface area (Å²) in [4.78, 5) is 40.9. The van der Waals surface area contributed by atoms with Gasteiger partial charge in [0.2, 0.25) is 11.8 Å². The number of carbonyl (C=O) groups excluding carboxylic acids is 3. The Hall–Kier alpha value is -2.81. The van der Waals surface area contributed by atoms with Crippen LogP contribution in [0.5, 0.6) is 5.75 Å².